The van der Waals surface area contributed by atoms with E-state index in [-0.39, 0.29) is 0 Å². The van der Waals surface area contributed by atoms with Gasteiger partial charge in [-0.2, -0.15) is 0 Å². The third-order valence-corrected chi connectivity index (χ3v) is 3.28. The Kier molecular flexibility index (Phi) is 4.25. The van der Waals surface area contributed by atoms with E-state index >= 15 is 0 Å². The second kappa shape index (κ2) is 5.05. The molecule has 0 aromatic carbocycles. The van der Waals surface area contributed by atoms with Gasteiger partial charge in [-0.05, 0) is 34.2 Å². The summed E-state index contributed by atoms with van der Waals surface area (Å²) in [4.78, 5) is 7.75. The molecule has 0 bridgehead atoms. The van der Waals surface area contributed by atoms with Crippen LogP contribution in [0, 0.1) is 6.92 Å². The predicted octanol–water partition coefficient (Wildman–Crippen LogP) is 2.04. The average Bonchev–Trinajstić information content (AvgIpc) is 2.47. The fourth-order valence-electron chi connectivity index (χ4n) is 1.27. The second-order valence-corrected chi connectivity index (χ2v) is 5.60. The molecule has 1 rings (SSSR count). The normalized spacial score (nSPS) is 12.4. The van der Waals surface area contributed by atoms with Crippen LogP contribution in [-0.4, -0.2) is 34.2 Å². The molecule has 86 valence electrons. The first-order chi connectivity index (χ1) is 6.88. The Balaban J connectivity index is 2.37. The van der Waals surface area contributed by atoms with Crippen molar-refractivity contribution in [3.05, 3.63) is 16.1 Å². The second-order valence-electron chi connectivity index (χ2n) is 4.66. The van der Waals surface area contributed by atoms with Crippen LogP contribution in [0.4, 0.5) is 0 Å². The maximum atomic E-state index is 9.61. The molecule has 0 spiro atoms. The van der Waals surface area contributed by atoms with E-state index in [2.05, 4.69) is 16.9 Å². The third kappa shape index (κ3) is 4.73. The summed E-state index contributed by atoms with van der Waals surface area (Å²) in [5.74, 6) is 0. The summed E-state index contributed by atoms with van der Waals surface area (Å²) in [6.07, 6.45) is 0.793. The van der Waals surface area contributed by atoms with Crippen molar-refractivity contribution in [3.63, 3.8) is 0 Å². The molecule has 0 aliphatic heterocycles. The van der Waals surface area contributed by atoms with Crippen LogP contribution in [0.3, 0.4) is 0 Å². The van der Waals surface area contributed by atoms with E-state index in [4.69, 9.17) is 0 Å². The number of aryl methyl sites for hydroxylation is 1. The summed E-state index contributed by atoms with van der Waals surface area (Å²) in [5, 5.41) is 9.61. The molecule has 0 saturated heterocycles. The monoisotopic (exact) mass is 228 g/mol. The first-order valence-electron chi connectivity index (χ1n) is 5.18. The van der Waals surface area contributed by atoms with E-state index in [0.717, 1.165) is 25.2 Å². The quantitative estimate of drug-likeness (QED) is 0.838. The molecule has 1 N–H and O–H groups in total. The van der Waals surface area contributed by atoms with Crippen LogP contribution in [-0.2, 0) is 6.54 Å². The average molecular weight is 228 g/mol. The van der Waals surface area contributed by atoms with E-state index in [1.54, 1.807) is 11.3 Å². The Bertz CT molecular complexity index is 304. The molecule has 1 aromatic heterocycles. The van der Waals surface area contributed by atoms with Crippen molar-refractivity contribution in [3.8, 4) is 0 Å². The van der Waals surface area contributed by atoms with Crippen LogP contribution >= 0.6 is 11.3 Å². The fraction of sp³-hybridized carbons (Fsp3) is 0.727. The van der Waals surface area contributed by atoms with Gasteiger partial charge >= 0.3 is 0 Å². The SMILES string of the molecule is Cc1ncsc1CN(C)CCC(C)(C)O. The Morgan fingerprint density at radius 3 is 2.67 bits per heavy atom. The van der Waals surface area contributed by atoms with Crippen LogP contribution in [0.25, 0.3) is 0 Å². The van der Waals surface area contributed by atoms with Crippen LogP contribution in [0.15, 0.2) is 5.51 Å². The summed E-state index contributed by atoms with van der Waals surface area (Å²) in [6.45, 7) is 7.56. The van der Waals surface area contributed by atoms with Crippen molar-refractivity contribution in [1.82, 2.24) is 9.88 Å². The van der Waals surface area contributed by atoms with E-state index in [1.165, 1.54) is 4.88 Å². The zero-order valence-corrected chi connectivity index (χ0v) is 10.8. The zero-order valence-electron chi connectivity index (χ0n) is 9.95. The smallest absolute Gasteiger partial charge is 0.0798 e. The molecule has 1 aromatic rings. The molecule has 15 heavy (non-hydrogen) atoms. The highest BCUT2D eigenvalue weighted by atomic mass is 32.1. The van der Waals surface area contributed by atoms with E-state index < -0.39 is 5.60 Å². The molecule has 0 fully saturated rings. The Morgan fingerprint density at radius 2 is 2.20 bits per heavy atom. The van der Waals surface area contributed by atoms with Crippen molar-refractivity contribution < 1.29 is 5.11 Å². The minimum absolute atomic E-state index is 0.572. The van der Waals surface area contributed by atoms with Gasteiger partial charge in [-0.25, -0.2) is 4.98 Å². The molecule has 0 aliphatic carbocycles. The molecular weight excluding hydrogens is 208 g/mol. The molecule has 0 radical (unpaired) electrons. The molecule has 0 atom stereocenters. The maximum absolute atomic E-state index is 9.61. The Labute approximate surface area is 95.8 Å². The maximum Gasteiger partial charge on any atom is 0.0798 e. The lowest BCUT2D eigenvalue weighted by Crippen LogP contribution is -2.28. The van der Waals surface area contributed by atoms with Gasteiger partial charge in [-0.1, -0.05) is 0 Å². The lowest BCUT2D eigenvalue weighted by Gasteiger charge is -2.22. The predicted molar refractivity (Wildman–Crippen MR) is 64.1 cm³/mol. The van der Waals surface area contributed by atoms with Crippen LogP contribution in [0.2, 0.25) is 0 Å². The van der Waals surface area contributed by atoms with Crippen molar-refractivity contribution in [2.45, 2.75) is 39.3 Å². The lowest BCUT2D eigenvalue weighted by atomic mass is 10.1. The highest BCUT2D eigenvalue weighted by Crippen LogP contribution is 2.15. The number of thiazole rings is 1. The first kappa shape index (κ1) is 12.6. The van der Waals surface area contributed by atoms with Gasteiger partial charge in [0, 0.05) is 18.0 Å². The molecule has 1 heterocycles. The van der Waals surface area contributed by atoms with Gasteiger partial charge in [0.15, 0.2) is 0 Å². The summed E-state index contributed by atoms with van der Waals surface area (Å²) in [7, 11) is 2.07. The number of aliphatic hydroxyl groups is 1. The molecule has 0 aliphatic rings. The summed E-state index contributed by atoms with van der Waals surface area (Å²) in [6, 6.07) is 0. The van der Waals surface area contributed by atoms with Gasteiger partial charge in [-0.15, -0.1) is 11.3 Å². The molecule has 0 unspecified atom stereocenters. The fourth-order valence-corrected chi connectivity index (χ4v) is 2.12. The van der Waals surface area contributed by atoms with Crippen molar-refractivity contribution >= 4 is 11.3 Å². The first-order valence-corrected chi connectivity index (χ1v) is 6.06. The topological polar surface area (TPSA) is 36.4 Å². The minimum atomic E-state index is -0.572. The number of rotatable bonds is 5. The molecule has 4 heteroatoms. The number of hydrogen-bond acceptors (Lipinski definition) is 4. The van der Waals surface area contributed by atoms with Gasteiger partial charge in [0.25, 0.3) is 0 Å². The van der Waals surface area contributed by atoms with Crippen molar-refractivity contribution in [2.24, 2.45) is 0 Å². The zero-order chi connectivity index (χ0) is 11.5. The molecule has 0 amide bonds. The molecule has 0 saturated carbocycles. The summed E-state index contributed by atoms with van der Waals surface area (Å²) >= 11 is 1.70. The molecular formula is C11H20N2OS. The van der Waals surface area contributed by atoms with Crippen molar-refractivity contribution in [2.75, 3.05) is 13.6 Å². The number of hydrogen-bond donors (Lipinski definition) is 1. The largest absolute Gasteiger partial charge is 0.390 e. The summed E-state index contributed by atoms with van der Waals surface area (Å²) in [5.41, 5.74) is 2.43. The van der Waals surface area contributed by atoms with Gasteiger partial charge in [-0.3, -0.25) is 0 Å². The molecule has 3 nitrogen and oxygen atoms in total. The van der Waals surface area contributed by atoms with Crippen LogP contribution in [0.5, 0.6) is 0 Å². The number of aromatic nitrogens is 1. The standard InChI is InChI=1S/C11H20N2OS/c1-9-10(15-8-12-9)7-13(4)6-5-11(2,3)14/h8,14H,5-7H2,1-4H3. The third-order valence-electron chi connectivity index (χ3n) is 2.36. The van der Waals surface area contributed by atoms with Crippen LogP contribution in [0.1, 0.15) is 30.8 Å². The Hall–Kier alpha value is -0.450. The van der Waals surface area contributed by atoms with Gasteiger partial charge in [0.2, 0.25) is 0 Å². The Morgan fingerprint density at radius 1 is 1.53 bits per heavy atom. The van der Waals surface area contributed by atoms with Crippen LogP contribution < -0.4 is 0 Å². The summed E-state index contributed by atoms with van der Waals surface area (Å²) < 4.78 is 0. The van der Waals surface area contributed by atoms with E-state index in [1.807, 2.05) is 26.3 Å². The van der Waals surface area contributed by atoms with Crippen molar-refractivity contribution in [1.29, 1.82) is 0 Å². The van der Waals surface area contributed by atoms with Gasteiger partial charge in [0.1, 0.15) is 0 Å². The van der Waals surface area contributed by atoms with E-state index in [9.17, 15) is 5.11 Å². The van der Waals surface area contributed by atoms with Gasteiger partial charge < -0.3 is 10.0 Å². The van der Waals surface area contributed by atoms with E-state index in [0.29, 0.717) is 0 Å². The highest BCUT2D eigenvalue weighted by Gasteiger charge is 2.14. The number of nitrogens with zero attached hydrogens (tertiary/aromatic N) is 2. The minimum Gasteiger partial charge on any atom is -0.390 e. The van der Waals surface area contributed by atoms with Gasteiger partial charge in [0.05, 0.1) is 16.8 Å². The lowest BCUT2D eigenvalue weighted by molar-refractivity contribution is 0.0600. The highest BCUT2D eigenvalue weighted by molar-refractivity contribution is 7.09.